The Kier molecular flexibility index (Phi) is 5.48. The van der Waals surface area contributed by atoms with Crippen molar-refractivity contribution in [2.75, 3.05) is 11.4 Å². The molecule has 3 aromatic rings. The highest BCUT2D eigenvalue weighted by Gasteiger charge is 2.21. The molecule has 0 spiro atoms. The standard InChI is InChI=1S/C18H14Br2N2OS/c1-2-22(17(23)14-5-3-4-6-15(14)20)18-21-16(11-24-18)12-7-9-13(19)10-8-12/h3-11H,2H2,1H3. The van der Waals surface area contributed by atoms with E-state index in [9.17, 15) is 4.79 Å². The van der Waals surface area contributed by atoms with Gasteiger partial charge in [0.1, 0.15) is 0 Å². The number of anilines is 1. The van der Waals surface area contributed by atoms with Crippen LogP contribution < -0.4 is 4.90 Å². The lowest BCUT2D eigenvalue weighted by molar-refractivity contribution is 0.0987. The second-order valence-electron chi connectivity index (χ2n) is 5.05. The molecule has 122 valence electrons. The molecule has 0 aliphatic heterocycles. The van der Waals surface area contributed by atoms with E-state index in [1.165, 1.54) is 11.3 Å². The number of carbonyl (C=O) groups is 1. The van der Waals surface area contributed by atoms with Crippen molar-refractivity contribution >= 4 is 54.2 Å². The molecule has 0 aliphatic rings. The number of carbonyl (C=O) groups excluding carboxylic acids is 1. The summed E-state index contributed by atoms with van der Waals surface area (Å²) in [5.74, 6) is -0.0540. The number of rotatable bonds is 4. The molecular weight excluding hydrogens is 452 g/mol. The predicted molar refractivity (Wildman–Crippen MR) is 107 cm³/mol. The third kappa shape index (κ3) is 3.61. The molecule has 0 N–H and O–H groups in total. The zero-order valence-electron chi connectivity index (χ0n) is 12.9. The van der Waals surface area contributed by atoms with Gasteiger partial charge in [-0.25, -0.2) is 4.98 Å². The Hall–Kier alpha value is -1.50. The van der Waals surface area contributed by atoms with Crippen LogP contribution in [0.1, 0.15) is 17.3 Å². The van der Waals surface area contributed by atoms with Crippen molar-refractivity contribution in [2.24, 2.45) is 0 Å². The molecular formula is C18H14Br2N2OS. The second-order valence-corrected chi connectivity index (χ2v) is 7.66. The zero-order valence-corrected chi connectivity index (χ0v) is 16.9. The van der Waals surface area contributed by atoms with E-state index in [1.54, 1.807) is 4.90 Å². The van der Waals surface area contributed by atoms with E-state index in [2.05, 4.69) is 36.8 Å². The number of nitrogens with zero attached hydrogens (tertiary/aromatic N) is 2. The summed E-state index contributed by atoms with van der Waals surface area (Å²) in [6.45, 7) is 2.52. The van der Waals surface area contributed by atoms with Crippen molar-refractivity contribution in [3.05, 3.63) is 68.4 Å². The fraction of sp³-hybridized carbons (Fsp3) is 0.111. The Morgan fingerprint density at radius 3 is 2.50 bits per heavy atom. The van der Waals surface area contributed by atoms with Gasteiger partial charge in [-0.2, -0.15) is 0 Å². The van der Waals surface area contributed by atoms with Crippen LogP contribution in [0.25, 0.3) is 11.3 Å². The summed E-state index contributed by atoms with van der Waals surface area (Å²) in [6, 6.07) is 15.4. The minimum atomic E-state index is -0.0540. The normalized spacial score (nSPS) is 10.6. The molecule has 3 nitrogen and oxygen atoms in total. The SMILES string of the molecule is CCN(C(=O)c1ccccc1Br)c1nc(-c2ccc(Br)cc2)cs1. The Balaban J connectivity index is 1.91. The Labute approximate surface area is 161 Å². The molecule has 0 saturated heterocycles. The summed E-state index contributed by atoms with van der Waals surface area (Å²) in [6.07, 6.45) is 0. The average Bonchev–Trinajstić information content (AvgIpc) is 3.06. The van der Waals surface area contributed by atoms with Crippen LogP contribution in [0.15, 0.2) is 62.9 Å². The quantitative estimate of drug-likeness (QED) is 0.473. The van der Waals surface area contributed by atoms with E-state index in [4.69, 9.17) is 0 Å². The summed E-state index contributed by atoms with van der Waals surface area (Å²) in [5, 5.41) is 2.69. The van der Waals surface area contributed by atoms with Gasteiger partial charge in [0.25, 0.3) is 5.91 Å². The van der Waals surface area contributed by atoms with Gasteiger partial charge in [0.05, 0.1) is 11.3 Å². The molecule has 1 amide bonds. The Morgan fingerprint density at radius 1 is 1.12 bits per heavy atom. The van der Waals surface area contributed by atoms with Gasteiger partial charge in [-0.3, -0.25) is 9.69 Å². The van der Waals surface area contributed by atoms with Gasteiger partial charge >= 0.3 is 0 Å². The highest BCUT2D eigenvalue weighted by molar-refractivity contribution is 9.10. The van der Waals surface area contributed by atoms with Crippen molar-refractivity contribution < 1.29 is 4.79 Å². The van der Waals surface area contributed by atoms with E-state index in [1.807, 2.05) is 60.8 Å². The van der Waals surface area contributed by atoms with Crippen molar-refractivity contribution in [3.8, 4) is 11.3 Å². The molecule has 1 heterocycles. The molecule has 24 heavy (non-hydrogen) atoms. The van der Waals surface area contributed by atoms with E-state index in [0.717, 1.165) is 20.2 Å². The lowest BCUT2D eigenvalue weighted by atomic mass is 10.2. The molecule has 0 radical (unpaired) electrons. The van der Waals surface area contributed by atoms with Crippen LogP contribution in [0.3, 0.4) is 0 Å². The van der Waals surface area contributed by atoms with Gasteiger partial charge in [-0.05, 0) is 47.1 Å². The molecule has 0 unspecified atom stereocenters. The van der Waals surface area contributed by atoms with E-state index in [0.29, 0.717) is 17.2 Å². The molecule has 2 aromatic carbocycles. The van der Waals surface area contributed by atoms with Gasteiger partial charge in [0, 0.05) is 26.4 Å². The highest BCUT2D eigenvalue weighted by atomic mass is 79.9. The summed E-state index contributed by atoms with van der Waals surface area (Å²) < 4.78 is 1.82. The molecule has 0 atom stereocenters. The lowest BCUT2D eigenvalue weighted by Crippen LogP contribution is -2.30. The summed E-state index contributed by atoms with van der Waals surface area (Å²) >= 11 is 8.36. The number of aromatic nitrogens is 1. The maximum Gasteiger partial charge on any atom is 0.261 e. The second kappa shape index (κ2) is 7.59. The van der Waals surface area contributed by atoms with E-state index in [-0.39, 0.29) is 5.91 Å². The predicted octanol–water partition coefficient (Wildman–Crippen LogP) is 6.00. The van der Waals surface area contributed by atoms with Gasteiger partial charge in [-0.15, -0.1) is 11.3 Å². The highest BCUT2D eigenvalue weighted by Crippen LogP contribution is 2.30. The van der Waals surface area contributed by atoms with Crippen LogP contribution >= 0.6 is 43.2 Å². The Morgan fingerprint density at radius 2 is 1.83 bits per heavy atom. The maximum absolute atomic E-state index is 12.8. The zero-order chi connectivity index (χ0) is 17.1. The topological polar surface area (TPSA) is 33.2 Å². The number of amides is 1. The third-order valence-electron chi connectivity index (χ3n) is 3.53. The monoisotopic (exact) mass is 464 g/mol. The van der Waals surface area contributed by atoms with Crippen LogP contribution in [0.4, 0.5) is 5.13 Å². The maximum atomic E-state index is 12.8. The van der Waals surface area contributed by atoms with Crippen molar-refractivity contribution in [3.63, 3.8) is 0 Å². The lowest BCUT2D eigenvalue weighted by Gasteiger charge is -2.18. The first-order valence-electron chi connectivity index (χ1n) is 7.38. The van der Waals surface area contributed by atoms with Crippen LogP contribution in [-0.2, 0) is 0 Å². The fourth-order valence-electron chi connectivity index (χ4n) is 2.29. The van der Waals surface area contributed by atoms with E-state index >= 15 is 0 Å². The summed E-state index contributed by atoms with van der Waals surface area (Å²) in [7, 11) is 0. The first-order valence-corrected chi connectivity index (χ1v) is 9.84. The number of hydrogen-bond donors (Lipinski definition) is 0. The molecule has 3 rings (SSSR count). The van der Waals surface area contributed by atoms with Gasteiger partial charge in [0.15, 0.2) is 5.13 Å². The third-order valence-corrected chi connectivity index (χ3v) is 5.61. The molecule has 0 aliphatic carbocycles. The molecule has 0 bridgehead atoms. The molecule has 0 fully saturated rings. The number of hydrogen-bond acceptors (Lipinski definition) is 3. The van der Waals surface area contributed by atoms with Crippen molar-refractivity contribution in [1.82, 2.24) is 4.98 Å². The first-order chi connectivity index (χ1) is 11.6. The Bertz CT molecular complexity index is 861. The molecule has 6 heteroatoms. The minimum absolute atomic E-state index is 0.0540. The van der Waals surface area contributed by atoms with Crippen molar-refractivity contribution in [2.45, 2.75) is 6.92 Å². The van der Waals surface area contributed by atoms with Crippen LogP contribution in [-0.4, -0.2) is 17.4 Å². The largest absolute Gasteiger partial charge is 0.284 e. The molecule has 0 saturated carbocycles. The summed E-state index contributed by atoms with van der Waals surface area (Å²) in [5.41, 5.74) is 2.55. The number of thiazole rings is 1. The van der Waals surface area contributed by atoms with Crippen LogP contribution in [0, 0.1) is 0 Å². The average molecular weight is 466 g/mol. The fourth-order valence-corrected chi connectivity index (χ4v) is 3.90. The molecule has 1 aromatic heterocycles. The van der Waals surface area contributed by atoms with E-state index < -0.39 is 0 Å². The first kappa shape index (κ1) is 17.3. The van der Waals surface area contributed by atoms with Gasteiger partial charge < -0.3 is 0 Å². The van der Waals surface area contributed by atoms with Gasteiger partial charge in [0.2, 0.25) is 0 Å². The summed E-state index contributed by atoms with van der Waals surface area (Å²) in [4.78, 5) is 19.2. The minimum Gasteiger partial charge on any atom is -0.284 e. The van der Waals surface area contributed by atoms with Crippen molar-refractivity contribution in [1.29, 1.82) is 0 Å². The number of halogens is 2. The van der Waals surface area contributed by atoms with Crippen LogP contribution in [0.5, 0.6) is 0 Å². The van der Waals surface area contributed by atoms with Gasteiger partial charge in [-0.1, -0.05) is 40.2 Å². The smallest absolute Gasteiger partial charge is 0.261 e. The number of benzene rings is 2. The van der Waals surface area contributed by atoms with Crippen LogP contribution in [0.2, 0.25) is 0 Å².